The molecule has 0 atom stereocenters. The number of guanidine groups is 1. The minimum Gasteiger partial charge on any atom is -0.361 e. The van der Waals surface area contributed by atoms with E-state index in [1.165, 1.54) is 0 Å². The van der Waals surface area contributed by atoms with Crippen molar-refractivity contribution in [2.24, 2.45) is 4.99 Å². The van der Waals surface area contributed by atoms with Crippen LogP contribution in [0.15, 0.2) is 39.8 Å². The summed E-state index contributed by atoms with van der Waals surface area (Å²) in [5.74, 6) is 1.84. The number of carbonyl (C=O) groups is 1. The van der Waals surface area contributed by atoms with Crippen molar-refractivity contribution in [1.29, 1.82) is 0 Å². The maximum atomic E-state index is 12.2. The summed E-state index contributed by atoms with van der Waals surface area (Å²) in [4.78, 5) is 23.3. The van der Waals surface area contributed by atoms with Gasteiger partial charge in [0.1, 0.15) is 5.76 Å². The Kier molecular flexibility index (Phi) is 10.4. The van der Waals surface area contributed by atoms with Crippen LogP contribution >= 0.6 is 24.0 Å². The summed E-state index contributed by atoms with van der Waals surface area (Å²) in [6.45, 7) is 10.1. The highest BCUT2D eigenvalue weighted by atomic mass is 127. The van der Waals surface area contributed by atoms with Crippen LogP contribution in [-0.4, -0.2) is 85.1 Å². The van der Waals surface area contributed by atoms with Crippen molar-refractivity contribution < 1.29 is 9.32 Å². The molecule has 8 nitrogen and oxygen atoms in total. The molecule has 0 bridgehead atoms. The van der Waals surface area contributed by atoms with E-state index in [1.54, 1.807) is 19.0 Å². The van der Waals surface area contributed by atoms with Gasteiger partial charge in [0, 0.05) is 71.5 Å². The average molecular weight is 554 g/mol. The molecule has 1 N–H and O–H groups in total. The zero-order valence-electron chi connectivity index (χ0n) is 19.5. The molecule has 1 aromatic heterocycles. The van der Waals surface area contributed by atoms with Crippen LogP contribution < -0.4 is 5.32 Å². The summed E-state index contributed by atoms with van der Waals surface area (Å²) in [6, 6.07) is 9.82. The molecule has 0 aliphatic carbocycles. The topological polar surface area (TPSA) is 77.2 Å². The second kappa shape index (κ2) is 12.8. The number of aliphatic imine (C=N–C) groups is 1. The summed E-state index contributed by atoms with van der Waals surface area (Å²) >= 11 is 0. The Morgan fingerprint density at radius 3 is 2.59 bits per heavy atom. The second-order valence-electron chi connectivity index (χ2n) is 8.08. The van der Waals surface area contributed by atoms with Gasteiger partial charge in [-0.25, -0.2) is 0 Å². The third-order valence-corrected chi connectivity index (χ3v) is 5.31. The molecule has 176 valence electrons. The quantitative estimate of drug-likeness (QED) is 0.322. The van der Waals surface area contributed by atoms with Gasteiger partial charge >= 0.3 is 0 Å². The first-order valence-corrected chi connectivity index (χ1v) is 10.9. The number of piperazine rings is 1. The number of nitrogens with zero attached hydrogens (tertiary/aromatic N) is 5. The fourth-order valence-corrected chi connectivity index (χ4v) is 3.67. The Hall–Kier alpha value is -2.14. The molecule has 1 amide bonds. The van der Waals surface area contributed by atoms with Gasteiger partial charge < -0.3 is 19.6 Å². The van der Waals surface area contributed by atoms with Gasteiger partial charge in [0.2, 0.25) is 0 Å². The molecule has 0 unspecified atom stereocenters. The van der Waals surface area contributed by atoms with Gasteiger partial charge in [-0.15, -0.1) is 24.0 Å². The van der Waals surface area contributed by atoms with E-state index in [9.17, 15) is 4.79 Å². The number of aromatic nitrogens is 1. The number of carbonyl (C=O) groups excluding carboxylic acids is 1. The van der Waals surface area contributed by atoms with Crippen LogP contribution in [0.3, 0.4) is 0 Å². The highest BCUT2D eigenvalue weighted by molar-refractivity contribution is 14.0. The molecule has 32 heavy (non-hydrogen) atoms. The van der Waals surface area contributed by atoms with Crippen molar-refractivity contribution in [1.82, 2.24) is 25.2 Å². The van der Waals surface area contributed by atoms with Gasteiger partial charge in [0.05, 0.1) is 5.69 Å². The van der Waals surface area contributed by atoms with E-state index in [2.05, 4.69) is 33.3 Å². The zero-order chi connectivity index (χ0) is 22.2. The molecule has 1 aromatic carbocycles. The molecule has 3 rings (SSSR count). The highest BCUT2D eigenvalue weighted by Crippen LogP contribution is 2.11. The van der Waals surface area contributed by atoms with Crippen molar-refractivity contribution in [3.05, 3.63) is 52.9 Å². The van der Waals surface area contributed by atoms with Gasteiger partial charge in [-0.1, -0.05) is 17.3 Å². The van der Waals surface area contributed by atoms with Crippen molar-refractivity contribution in [3.8, 4) is 0 Å². The first kappa shape index (κ1) is 26.1. The Labute approximate surface area is 208 Å². The van der Waals surface area contributed by atoms with Crippen LogP contribution in [0, 0.1) is 6.92 Å². The molecule has 1 saturated heterocycles. The fourth-order valence-electron chi connectivity index (χ4n) is 3.67. The molecule has 2 aromatic rings. The van der Waals surface area contributed by atoms with Crippen LogP contribution in [0.25, 0.3) is 0 Å². The molecule has 1 aliphatic heterocycles. The van der Waals surface area contributed by atoms with Crippen molar-refractivity contribution in [2.75, 3.05) is 53.4 Å². The zero-order valence-corrected chi connectivity index (χ0v) is 21.8. The summed E-state index contributed by atoms with van der Waals surface area (Å²) in [6.07, 6.45) is 0.801. The van der Waals surface area contributed by atoms with Crippen LogP contribution in [0.4, 0.5) is 0 Å². The third kappa shape index (κ3) is 7.47. The van der Waals surface area contributed by atoms with Gasteiger partial charge in [-0.2, -0.15) is 0 Å². The maximum absolute atomic E-state index is 12.2. The van der Waals surface area contributed by atoms with E-state index in [0.717, 1.165) is 74.2 Å². The standard InChI is InChI=1S/C23H34N6O2.HI/c1-5-24-23(25-10-9-19-7-6-8-20(16-19)22(30)27(3)4)29-13-11-28(12-14-29)17-21-15-18(2)31-26-21;/h6-8,15-16H,5,9-14,17H2,1-4H3,(H,24,25);1H. The van der Waals surface area contributed by atoms with Crippen LogP contribution in [-0.2, 0) is 13.0 Å². The smallest absolute Gasteiger partial charge is 0.253 e. The molecule has 2 heterocycles. The van der Waals surface area contributed by atoms with E-state index in [0.29, 0.717) is 6.54 Å². The predicted molar refractivity (Wildman–Crippen MR) is 138 cm³/mol. The Morgan fingerprint density at radius 1 is 1.22 bits per heavy atom. The molecular formula is C23H35IN6O2. The van der Waals surface area contributed by atoms with E-state index in [4.69, 9.17) is 9.52 Å². The molecule has 0 spiro atoms. The Morgan fingerprint density at radius 2 is 1.97 bits per heavy atom. The predicted octanol–water partition coefficient (Wildman–Crippen LogP) is 2.63. The first-order valence-electron chi connectivity index (χ1n) is 10.9. The monoisotopic (exact) mass is 554 g/mol. The molecule has 0 saturated carbocycles. The summed E-state index contributed by atoms with van der Waals surface area (Å²) in [5.41, 5.74) is 2.83. The summed E-state index contributed by atoms with van der Waals surface area (Å²) in [7, 11) is 3.54. The summed E-state index contributed by atoms with van der Waals surface area (Å²) in [5, 5.41) is 7.52. The SMILES string of the molecule is CCNC(=NCCc1cccc(C(=O)N(C)C)c1)N1CCN(Cc2cc(C)on2)CC1.I. The van der Waals surface area contributed by atoms with Crippen molar-refractivity contribution in [3.63, 3.8) is 0 Å². The van der Waals surface area contributed by atoms with Gasteiger partial charge in [0.15, 0.2) is 5.96 Å². The summed E-state index contributed by atoms with van der Waals surface area (Å²) < 4.78 is 5.17. The van der Waals surface area contributed by atoms with Crippen molar-refractivity contribution >= 4 is 35.8 Å². The number of halogens is 1. The van der Waals surface area contributed by atoms with Gasteiger partial charge in [0.25, 0.3) is 5.91 Å². The molecule has 9 heteroatoms. The van der Waals surface area contributed by atoms with Crippen LogP contribution in [0.5, 0.6) is 0 Å². The average Bonchev–Trinajstić information content (AvgIpc) is 3.18. The van der Waals surface area contributed by atoms with E-state index in [-0.39, 0.29) is 29.9 Å². The maximum Gasteiger partial charge on any atom is 0.253 e. The number of benzene rings is 1. The minimum atomic E-state index is 0. The highest BCUT2D eigenvalue weighted by Gasteiger charge is 2.20. The fraction of sp³-hybridized carbons (Fsp3) is 0.522. The number of hydrogen-bond donors (Lipinski definition) is 1. The molecule has 1 fully saturated rings. The molecular weight excluding hydrogens is 519 g/mol. The van der Waals surface area contributed by atoms with Gasteiger partial charge in [-0.05, 0) is 38.0 Å². The number of nitrogens with one attached hydrogen (secondary N) is 1. The van der Waals surface area contributed by atoms with E-state index < -0.39 is 0 Å². The largest absolute Gasteiger partial charge is 0.361 e. The lowest BCUT2D eigenvalue weighted by molar-refractivity contribution is 0.0827. The first-order chi connectivity index (χ1) is 15.0. The number of amides is 1. The normalized spacial score (nSPS) is 14.8. The van der Waals surface area contributed by atoms with Gasteiger partial charge in [-0.3, -0.25) is 14.7 Å². The second-order valence-corrected chi connectivity index (χ2v) is 8.08. The number of hydrogen-bond acceptors (Lipinski definition) is 5. The van der Waals surface area contributed by atoms with Crippen LogP contribution in [0.2, 0.25) is 0 Å². The molecule has 1 aliphatic rings. The number of rotatable bonds is 7. The van der Waals surface area contributed by atoms with E-state index >= 15 is 0 Å². The van der Waals surface area contributed by atoms with Crippen LogP contribution in [0.1, 0.15) is 34.3 Å². The Bertz CT molecular complexity index is 890. The number of aryl methyl sites for hydroxylation is 1. The molecule has 0 radical (unpaired) electrons. The Balaban J connectivity index is 0.00000363. The van der Waals surface area contributed by atoms with E-state index in [1.807, 2.05) is 31.2 Å². The third-order valence-electron chi connectivity index (χ3n) is 5.31. The lowest BCUT2D eigenvalue weighted by atomic mass is 10.1. The minimum absolute atomic E-state index is 0. The van der Waals surface area contributed by atoms with Crippen molar-refractivity contribution in [2.45, 2.75) is 26.8 Å². The lowest BCUT2D eigenvalue weighted by Gasteiger charge is -2.36. The lowest BCUT2D eigenvalue weighted by Crippen LogP contribution is -2.52.